The quantitative estimate of drug-likeness (QED) is 0.0182. The number of carboxylic acid groups (broad SMARTS) is 1. The van der Waals surface area contributed by atoms with Gasteiger partial charge in [0.2, 0.25) is 17.5 Å². The van der Waals surface area contributed by atoms with Gasteiger partial charge in [0.15, 0.2) is 5.71 Å². The minimum absolute atomic E-state index is 0.0294. The number of carbonyl (C=O) groups excluding carboxylic acids is 2. The van der Waals surface area contributed by atoms with Crippen LogP contribution >= 0.6 is 0 Å². The summed E-state index contributed by atoms with van der Waals surface area (Å²) in [5.74, 6) is -8.78. The van der Waals surface area contributed by atoms with Crippen LogP contribution in [0.4, 0.5) is 11.4 Å². The Balaban J connectivity index is 2.62. The number of benzene rings is 2. The highest BCUT2D eigenvalue weighted by molar-refractivity contribution is 7.87. The van der Waals surface area contributed by atoms with Crippen molar-refractivity contribution in [3.63, 3.8) is 0 Å². The molecule has 2 amide bonds. The van der Waals surface area contributed by atoms with Crippen LogP contribution in [0, 0.1) is 13.8 Å². The van der Waals surface area contributed by atoms with Gasteiger partial charge in [-0.2, -0.15) is 55.1 Å². The van der Waals surface area contributed by atoms with Crippen molar-refractivity contribution in [2.24, 2.45) is 0 Å². The van der Waals surface area contributed by atoms with E-state index in [2.05, 4.69) is 0 Å². The summed E-state index contributed by atoms with van der Waals surface area (Å²) in [5, 5.41) is 13.0. The van der Waals surface area contributed by atoms with Gasteiger partial charge in [-0.1, -0.05) is 12.5 Å². The Labute approximate surface area is 406 Å². The van der Waals surface area contributed by atoms with E-state index in [0.717, 1.165) is 18.2 Å². The van der Waals surface area contributed by atoms with Crippen molar-refractivity contribution in [3.8, 4) is 0 Å². The lowest BCUT2D eigenvalue weighted by Gasteiger charge is -2.27. The zero-order chi connectivity index (χ0) is 53.6. The lowest BCUT2D eigenvalue weighted by atomic mass is 10.1. The highest BCUT2D eigenvalue weighted by atomic mass is 32.2. The summed E-state index contributed by atoms with van der Waals surface area (Å²) in [6, 6.07) is 2.83. The van der Waals surface area contributed by atoms with Crippen LogP contribution in [-0.4, -0.2) is 159 Å². The number of carboxylic acids is 1. The van der Waals surface area contributed by atoms with Crippen LogP contribution in [0.25, 0.3) is 0 Å². The maximum atomic E-state index is 12.9. The number of carbonyl (C=O) groups is 3. The predicted molar refractivity (Wildman–Crippen MR) is 252 cm³/mol. The first-order valence-corrected chi connectivity index (χ1v) is 29.7. The van der Waals surface area contributed by atoms with E-state index in [-0.39, 0.29) is 57.2 Å². The minimum Gasteiger partial charge on any atom is -0.480 e. The molecular weight excluding hydrogens is 1060 g/mol. The van der Waals surface area contributed by atoms with E-state index in [1.807, 2.05) is 5.32 Å². The summed E-state index contributed by atoms with van der Waals surface area (Å²) in [6.07, 6.45) is 4.49. The number of anilines is 1. The maximum absolute atomic E-state index is 12.9. The number of rotatable bonds is 29. The van der Waals surface area contributed by atoms with Crippen LogP contribution in [0.3, 0.4) is 0 Å². The van der Waals surface area contributed by atoms with Gasteiger partial charge in [-0.3, -0.25) is 36.9 Å². The molecule has 0 saturated heterocycles. The predicted octanol–water partition coefficient (Wildman–Crippen LogP) is 1.18. The number of unbranched alkanes of at least 4 members (excludes halogenated alkanes) is 2. The third-order valence-electron chi connectivity index (χ3n) is 9.84. The molecule has 0 aliphatic carbocycles. The number of hydrogen-bond donors (Lipinski definition) is 9. The standard InChI is InChI=1S/C38H54N4O22S6/c1-26-22-30(69(59,60)61)14-16-34(26)41(18-8-20-65(47,48)49)28(3)10-7-12-29(42(19-9-21-66(50,51)52)35-17-15-31(23-27(35)2)70(62,63)64)11-5-4-6-13-36(43)39-32(24-67(53,54)55)37(44)40-33(38(45)46)25-68(56,57)58/h7,10,12,14-17,22-23,32-33H,4-6,8-9,11,13,18-21,24-25H2,1-3H3,(H8-,39,40,43,44,45,46,47,48,49,50,51,52,53,54,55,56,57,58,59,60,61,62,63,64)/p+1. The molecule has 0 aromatic heterocycles. The summed E-state index contributed by atoms with van der Waals surface area (Å²) in [6.45, 7) is 4.47. The molecule has 2 rings (SSSR count). The molecule has 0 aliphatic rings. The molecule has 32 heteroatoms. The summed E-state index contributed by atoms with van der Waals surface area (Å²) < 4.78 is 198. The highest BCUT2D eigenvalue weighted by Gasteiger charge is 2.32. The zero-order valence-electron chi connectivity index (χ0n) is 37.6. The Kier molecular flexibility index (Phi) is 22.4. The van der Waals surface area contributed by atoms with Crippen LogP contribution in [0.5, 0.6) is 0 Å². The Morgan fingerprint density at radius 2 is 1.16 bits per heavy atom. The molecule has 2 unspecified atom stereocenters. The summed E-state index contributed by atoms with van der Waals surface area (Å²) in [4.78, 5) is 37.9. The van der Waals surface area contributed by atoms with Crippen molar-refractivity contribution in [3.05, 3.63) is 71.5 Å². The maximum Gasteiger partial charge on any atom is 0.327 e. The fourth-order valence-corrected chi connectivity index (χ4v) is 10.1. The second kappa shape index (κ2) is 25.6. The Hall–Kier alpha value is -4.74. The van der Waals surface area contributed by atoms with Gasteiger partial charge in [-0.25, -0.2) is 4.79 Å². The number of nitrogens with one attached hydrogen (secondary N) is 2. The van der Waals surface area contributed by atoms with Crippen LogP contribution in [-0.2, 0) is 75.1 Å². The number of nitrogens with zero attached hydrogens (tertiary/aromatic N) is 2. The molecule has 0 radical (unpaired) electrons. The van der Waals surface area contributed by atoms with Crippen LogP contribution in [0.15, 0.2) is 70.1 Å². The van der Waals surface area contributed by atoms with Crippen LogP contribution < -0.4 is 15.5 Å². The minimum atomic E-state index is -5.01. The molecule has 2 aromatic rings. The fraction of sp³-hybridized carbons (Fsp3) is 0.474. The summed E-state index contributed by atoms with van der Waals surface area (Å²) in [7, 11) is -28.2. The van der Waals surface area contributed by atoms with E-state index in [4.69, 9.17) is 4.55 Å². The topological polar surface area (TPSA) is 428 Å². The Morgan fingerprint density at radius 3 is 1.66 bits per heavy atom. The second-order valence-electron chi connectivity index (χ2n) is 15.7. The Bertz CT molecular complexity index is 3040. The third kappa shape index (κ3) is 23.0. The van der Waals surface area contributed by atoms with Crippen LogP contribution in [0.2, 0.25) is 0 Å². The van der Waals surface area contributed by atoms with E-state index < -0.39 is 130 Å². The second-order valence-corrected chi connectivity index (χ2v) is 24.6. The van der Waals surface area contributed by atoms with E-state index in [0.29, 0.717) is 28.3 Å². The number of allylic oxidation sites excluding steroid dienone is 4. The molecule has 0 saturated carbocycles. The average molecular weight is 1110 g/mol. The first-order chi connectivity index (χ1) is 31.9. The Morgan fingerprint density at radius 1 is 0.643 bits per heavy atom. The molecule has 0 fully saturated rings. The lowest BCUT2D eigenvalue weighted by molar-refractivity contribution is -0.441. The number of hydrogen-bond acceptors (Lipinski definition) is 16. The van der Waals surface area contributed by atoms with Gasteiger partial charge in [0.1, 0.15) is 30.1 Å². The van der Waals surface area contributed by atoms with Crippen molar-refractivity contribution in [1.29, 1.82) is 0 Å². The van der Waals surface area contributed by atoms with Gasteiger partial charge >= 0.3 is 5.97 Å². The molecule has 394 valence electrons. The number of aliphatic carboxylic acids is 1. The third-order valence-corrected chi connectivity index (χ3v) is 14.7. The summed E-state index contributed by atoms with van der Waals surface area (Å²) >= 11 is 0. The van der Waals surface area contributed by atoms with Crippen molar-refractivity contribution >= 4 is 95.6 Å². The van der Waals surface area contributed by atoms with Crippen molar-refractivity contribution in [1.82, 2.24) is 10.6 Å². The number of amides is 2. The van der Waals surface area contributed by atoms with Crippen molar-refractivity contribution in [2.75, 3.05) is 41.0 Å². The van der Waals surface area contributed by atoms with E-state index in [1.54, 1.807) is 33.9 Å². The monoisotopic (exact) mass is 1110 g/mol. The SMILES string of the molecule is CC(=CC=CC(CCCCCC(=O)NC(CS(=O)(=O)O)C(=O)NC(CS(=O)(=O)O)C(=O)O)=[N+](CCCS(=O)(=O)O)c1ccc(S(=O)(=O)O)cc1C)N(CCCS(=O)(=O)O)c1ccc(S(=O)(=O)O)cc1C. The van der Waals surface area contributed by atoms with Gasteiger partial charge in [0.25, 0.3) is 60.7 Å². The summed E-state index contributed by atoms with van der Waals surface area (Å²) in [5.41, 5.74) is 2.14. The van der Waals surface area contributed by atoms with Gasteiger partial charge in [-0.05, 0) is 82.0 Å². The smallest absolute Gasteiger partial charge is 0.327 e. The van der Waals surface area contributed by atoms with E-state index in [9.17, 15) is 92.8 Å². The molecule has 0 heterocycles. The molecule has 0 bridgehead atoms. The van der Waals surface area contributed by atoms with Gasteiger partial charge in [0.05, 0.1) is 21.3 Å². The molecular formula is C38H55N4O22S6+. The van der Waals surface area contributed by atoms with Crippen molar-refractivity contribution < 1.29 is 102 Å². The molecule has 26 nitrogen and oxygen atoms in total. The highest BCUT2D eigenvalue weighted by Crippen LogP contribution is 2.28. The first kappa shape index (κ1) is 61.4. The van der Waals surface area contributed by atoms with Crippen LogP contribution in [0.1, 0.15) is 63.0 Å². The zero-order valence-corrected chi connectivity index (χ0v) is 42.5. The van der Waals surface area contributed by atoms with Gasteiger partial charge in [-0.15, -0.1) is 0 Å². The lowest BCUT2D eigenvalue weighted by Crippen LogP contribution is -2.55. The van der Waals surface area contributed by atoms with E-state index in [1.165, 1.54) is 38.1 Å². The molecule has 0 aliphatic heterocycles. The first-order valence-electron chi connectivity index (χ1n) is 20.4. The van der Waals surface area contributed by atoms with Crippen molar-refractivity contribution in [2.45, 2.75) is 87.6 Å². The largest absolute Gasteiger partial charge is 0.480 e. The van der Waals surface area contributed by atoms with Gasteiger partial charge in [0, 0.05) is 54.9 Å². The molecule has 0 spiro atoms. The molecule has 9 N–H and O–H groups in total. The normalized spacial score (nSPS) is 14.4. The molecule has 2 atom stereocenters. The van der Waals surface area contributed by atoms with Gasteiger partial charge < -0.3 is 20.6 Å². The fourth-order valence-electron chi connectivity index (χ4n) is 6.68. The average Bonchev–Trinajstić information content (AvgIpc) is 3.17. The van der Waals surface area contributed by atoms with E-state index >= 15 is 0 Å². The molecule has 2 aromatic carbocycles. The molecule has 70 heavy (non-hydrogen) atoms. The number of aryl methyl sites for hydroxylation is 2.